The maximum atomic E-state index is 12.1. The van der Waals surface area contributed by atoms with Crippen LogP contribution in [-0.4, -0.2) is 40.1 Å². The number of benzene rings is 1. The van der Waals surface area contributed by atoms with Crippen molar-refractivity contribution in [2.75, 3.05) is 19.1 Å². The van der Waals surface area contributed by atoms with Gasteiger partial charge in [-0.25, -0.2) is 0 Å². The number of carbonyl (C=O) groups excluding carboxylic acids is 1. The van der Waals surface area contributed by atoms with Crippen molar-refractivity contribution in [1.82, 2.24) is 15.1 Å². The maximum absolute atomic E-state index is 12.1. The Hall–Kier alpha value is -0.570. The first-order valence-electron chi connectivity index (χ1n) is 6.08. The summed E-state index contributed by atoms with van der Waals surface area (Å²) in [5.41, 5.74) is 1.10. The Morgan fingerprint density at radius 1 is 1.33 bits per heavy atom. The van der Waals surface area contributed by atoms with Crippen LogP contribution in [0.1, 0.15) is 5.56 Å². The van der Waals surface area contributed by atoms with Crippen molar-refractivity contribution in [2.45, 2.75) is 15.2 Å². The molecule has 0 aliphatic carbocycles. The van der Waals surface area contributed by atoms with Crippen LogP contribution < -0.4 is 0 Å². The topological polar surface area (TPSA) is 46.1 Å². The van der Waals surface area contributed by atoms with E-state index >= 15 is 0 Å². The van der Waals surface area contributed by atoms with Gasteiger partial charge in [-0.2, -0.15) is 0 Å². The van der Waals surface area contributed by atoms with Gasteiger partial charge >= 0.3 is 0 Å². The highest BCUT2D eigenvalue weighted by Gasteiger charge is 2.13. The predicted octanol–water partition coefficient (Wildman–Crippen LogP) is 3.77. The molecule has 0 bridgehead atoms. The number of nitrogens with zero attached hydrogens (tertiary/aromatic N) is 3. The first-order valence-corrected chi connectivity index (χ1v) is 9.90. The van der Waals surface area contributed by atoms with Crippen molar-refractivity contribution in [3.05, 3.63) is 34.3 Å². The summed E-state index contributed by atoms with van der Waals surface area (Å²) in [6, 6.07) is 7.92. The monoisotopic (exact) mass is 403 g/mol. The summed E-state index contributed by atoms with van der Waals surface area (Å²) in [7, 11) is 1.82. The summed E-state index contributed by atoms with van der Waals surface area (Å²) in [4.78, 5) is 13.9. The van der Waals surface area contributed by atoms with Crippen LogP contribution in [0.15, 0.2) is 37.4 Å². The number of thioether (sulfide) groups is 2. The third-order valence-corrected chi connectivity index (χ3v) is 6.46. The molecule has 21 heavy (non-hydrogen) atoms. The summed E-state index contributed by atoms with van der Waals surface area (Å²) < 4.78 is 2.78. The zero-order valence-electron chi connectivity index (χ0n) is 11.6. The zero-order valence-corrected chi connectivity index (χ0v) is 15.6. The molecule has 8 heteroatoms. The molecule has 112 valence electrons. The van der Waals surface area contributed by atoms with Gasteiger partial charge in [0.05, 0.1) is 5.75 Å². The Balaban J connectivity index is 1.86. The Labute approximate surface area is 144 Å². The van der Waals surface area contributed by atoms with Gasteiger partial charge in [0.2, 0.25) is 5.91 Å². The van der Waals surface area contributed by atoms with E-state index in [0.717, 1.165) is 18.7 Å². The Morgan fingerprint density at radius 2 is 2.05 bits per heavy atom. The van der Waals surface area contributed by atoms with Crippen LogP contribution >= 0.6 is 50.8 Å². The summed E-state index contributed by atoms with van der Waals surface area (Å²) in [5.74, 6) is 0.459. The van der Waals surface area contributed by atoms with E-state index in [2.05, 4.69) is 26.1 Å². The first-order chi connectivity index (χ1) is 10.1. The van der Waals surface area contributed by atoms with Gasteiger partial charge in [-0.05, 0) is 17.9 Å². The van der Waals surface area contributed by atoms with E-state index < -0.39 is 0 Å². The normalized spacial score (nSPS) is 10.6. The Bertz CT molecular complexity index is 620. The standard InChI is InChI=1S/C13H14BrN3OS3/c1-17(7-9-5-3-4-6-10(9)14)11(18)8-20-13-16-15-12(19-2)21-13/h3-6H,7-8H2,1-2H3. The molecule has 0 saturated carbocycles. The van der Waals surface area contributed by atoms with Crippen molar-refractivity contribution in [1.29, 1.82) is 0 Å². The smallest absolute Gasteiger partial charge is 0.233 e. The van der Waals surface area contributed by atoms with Crippen molar-refractivity contribution >= 4 is 56.7 Å². The number of aromatic nitrogens is 2. The summed E-state index contributed by atoms with van der Waals surface area (Å²) in [5, 5.41) is 8.07. The van der Waals surface area contributed by atoms with Crippen LogP contribution in [0.5, 0.6) is 0 Å². The minimum atomic E-state index is 0.0802. The molecule has 2 rings (SSSR count). The number of hydrogen-bond donors (Lipinski definition) is 0. The molecular formula is C13H14BrN3OS3. The third-order valence-electron chi connectivity index (χ3n) is 2.67. The average Bonchev–Trinajstić information content (AvgIpc) is 2.95. The number of halogens is 1. The van der Waals surface area contributed by atoms with Crippen LogP contribution in [0.25, 0.3) is 0 Å². The molecule has 0 aliphatic heterocycles. The highest BCUT2D eigenvalue weighted by molar-refractivity contribution is 9.10. The molecule has 0 saturated heterocycles. The number of rotatable bonds is 6. The van der Waals surface area contributed by atoms with Gasteiger partial charge in [0, 0.05) is 18.1 Å². The lowest BCUT2D eigenvalue weighted by molar-refractivity contribution is -0.127. The number of carbonyl (C=O) groups is 1. The molecule has 1 aromatic heterocycles. The molecule has 0 N–H and O–H groups in total. The van der Waals surface area contributed by atoms with Gasteiger partial charge in [0.25, 0.3) is 0 Å². The molecule has 0 aliphatic rings. The highest BCUT2D eigenvalue weighted by atomic mass is 79.9. The quantitative estimate of drug-likeness (QED) is 0.686. The largest absolute Gasteiger partial charge is 0.341 e. The van der Waals surface area contributed by atoms with Crippen LogP contribution in [0.2, 0.25) is 0 Å². The van der Waals surface area contributed by atoms with Gasteiger partial charge in [0.15, 0.2) is 8.68 Å². The van der Waals surface area contributed by atoms with Crippen LogP contribution in [0.4, 0.5) is 0 Å². The molecular weight excluding hydrogens is 390 g/mol. The predicted molar refractivity (Wildman–Crippen MR) is 93.0 cm³/mol. The summed E-state index contributed by atoms with van der Waals surface area (Å²) in [6.45, 7) is 0.590. The third kappa shape index (κ3) is 4.98. The van der Waals surface area contributed by atoms with Gasteiger partial charge < -0.3 is 4.90 Å². The molecule has 4 nitrogen and oxygen atoms in total. The van der Waals surface area contributed by atoms with Crippen molar-refractivity contribution in [2.24, 2.45) is 0 Å². The van der Waals surface area contributed by atoms with E-state index in [4.69, 9.17) is 0 Å². The second kappa shape index (κ2) is 8.17. The maximum Gasteiger partial charge on any atom is 0.233 e. The molecule has 0 atom stereocenters. The Morgan fingerprint density at radius 3 is 2.71 bits per heavy atom. The highest BCUT2D eigenvalue weighted by Crippen LogP contribution is 2.27. The molecule has 0 unspecified atom stereocenters. The van der Waals surface area contributed by atoms with E-state index in [-0.39, 0.29) is 5.91 Å². The fourth-order valence-electron chi connectivity index (χ4n) is 1.54. The molecule has 1 heterocycles. The summed E-state index contributed by atoms with van der Waals surface area (Å²) >= 11 is 8.02. The van der Waals surface area contributed by atoms with Gasteiger partial charge in [-0.3, -0.25) is 4.79 Å². The first kappa shape index (κ1) is 16.8. The van der Waals surface area contributed by atoms with E-state index in [0.29, 0.717) is 12.3 Å². The van der Waals surface area contributed by atoms with E-state index in [9.17, 15) is 4.79 Å². The second-order valence-corrected chi connectivity index (χ2v) is 8.28. The number of hydrogen-bond acceptors (Lipinski definition) is 6. The van der Waals surface area contributed by atoms with Crippen molar-refractivity contribution < 1.29 is 4.79 Å². The van der Waals surface area contributed by atoms with Gasteiger partial charge in [-0.1, -0.05) is 69.0 Å². The fourth-order valence-corrected chi connectivity index (χ4v) is 4.33. The molecule has 0 spiro atoms. The molecule has 0 fully saturated rings. The molecule has 0 radical (unpaired) electrons. The van der Waals surface area contributed by atoms with Crippen LogP contribution in [0.3, 0.4) is 0 Å². The minimum absolute atomic E-state index is 0.0802. The van der Waals surface area contributed by atoms with Crippen LogP contribution in [-0.2, 0) is 11.3 Å². The minimum Gasteiger partial charge on any atom is -0.341 e. The lowest BCUT2D eigenvalue weighted by atomic mass is 10.2. The van der Waals surface area contributed by atoms with Crippen LogP contribution in [0, 0.1) is 0 Å². The summed E-state index contributed by atoms with van der Waals surface area (Å²) in [6.07, 6.45) is 1.96. The fraction of sp³-hybridized carbons (Fsp3) is 0.308. The average molecular weight is 404 g/mol. The van der Waals surface area contributed by atoms with E-state index in [1.54, 1.807) is 16.7 Å². The number of amides is 1. The van der Waals surface area contributed by atoms with Crippen molar-refractivity contribution in [3.8, 4) is 0 Å². The van der Waals surface area contributed by atoms with E-state index in [1.165, 1.54) is 23.1 Å². The van der Waals surface area contributed by atoms with E-state index in [1.807, 2.05) is 37.6 Å². The molecule has 2 aromatic rings. The lowest BCUT2D eigenvalue weighted by Gasteiger charge is -2.17. The molecule has 1 amide bonds. The SMILES string of the molecule is CSc1nnc(SCC(=O)N(C)Cc2ccccc2Br)s1. The van der Waals surface area contributed by atoms with Gasteiger partial charge in [-0.15, -0.1) is 10.2 Å². The molecule has 1 aromatic carbocycles. The lowest BCUT2D eigenvalue weighted by Crippen LogP contribution is -2.27. The Kier molecular flexibility index (Phi) is 6.53. The zero-order chi connectivity index (χ0) is 15.2. The second-order valence-electron chi connectivity index (χ2n) is 4.17. The van der Waals surface area contributed by atoms with Gasteiger partial charge in [0.1, 0.15) is 0 Å². The van der Waals surface area contributed by atoms with Crippen molar-refractivity contribution in [3.63, 3.8) is 0 Å².